The number of hydrogen-bond acceptors (Lipinski definition) is 1. The summed E-state index contributed by atoms with van der Waals surface area (Å²) in [6.07, 6.45) is 8.72. The smallest absolute Gasteiger partial charge is 0.0294 e. The molecule has 3 rings (SSSR count). The van der Waals surface area contributed by atoms with Gasteiger partial charge in [0, 0.05) is 12.1 Å². The van der Waals surface area contributed by atoms with Crippen LogP contribution in [-0.4, -0.2) is 6.04 Å². The summed E-state index contributed by atoms with van der Waals surface area (Å²) < 4.78 is 0. The Morgan fingerprint density at radius 2 is 1.78 bits per heavy atom. The lowest BCUT2D eigenvalue weighted by molar-refractivity contribution is 0.249. The Hall–Kier alpha value is -0.820. The largest absolute Gasteiger partial charge is 0.307 e. The molecule has 98 valence electrons. The van der Waals surface area contributed by atoms with Crippen LogP contribution in [0.15, 0.2) is 30.3 Å². The first-order valence-corrected chi connectivity index (χ1v) is 7.64. The van der Waals surface area contributed by atoms with E-state index >= 15 is 0 Å². The van der Waals surface area contributed by atoms with Crippen LogP contribution in [0.4, 0.5) is 0 Å². The number of nitrogens with one attached hydrogen (secondary N) is 1. The van der Waals surface area contributed by atoms with Crippen LogP contribution in [0.25, 0.3) is 0 Å². The van der Waals surface area contributed by atoms with Crippen molar-refractivity contribution in [3.05, 3.63) is 35.9 Å². The Balaban J connectivity index is 1.55. The van der Waals surface area contributed by atoms with E-state index in [-0.39, 0.29) is 0 Å². The fourth-order valence-electron chi connectivity index (χ4n) is 3.57. The lowest BCUT2D eigenvalue weighted by Crippen LogP contribution is -2.36. The number of benzene rings is 1. The lowest BCUT2D eigenvalue weighted by atomic mass is 9.82. The van der Waals surface area contributed by atoms with Gasteiger partial charge in [0.05, 0.1) is 0 Å². The van der Waals surface area contributed by atoms with E-state index in [0.29, 0.717) is 6.04 Å². The van der Waals surface area contributed by atoms with E-state index in [1.807, 2.05) is 0 Å². The van der Waals surface area contributed by atoms with E-state index in [4.69, 9.17) is 0 Å². The zero-order valence-corrected chi connectivity index (χ0v) is 11.4. The monoisotopic (exact) mass is 243 g/mol. The third-order valence-corrected chi connectivity index (χ3v) is 4.79. The first kappa shape index (κ1) is 12.2. The van der Waals surface area contributed by atoms with E-state index in [9.17, 15) is 0 Å². The molecule has 2 saturated carbocycles. The SMILES string of the molecule is CC(NC1CCCC(C2CC2)C1)c1ccccc1. The molecule has 18 heavy (non-hydrogen) atoms. The van der Waals surface area contributed by atoms with Crippen LogP contribution in [0.1, 0.15) is 57.1 Å². The van der Waals surface area contributed by atoms with Gasteiger partial charge in [0.2, 0.25) is 0 Å². The predicted molar refractivity (Wildman–Crippen MR) is 76.5 cm³/mol. The minimum atomic E-state index is 0.495. The maximum absolute atomic E-state index is 3.85. The molecule has 0 aliphatic heterocycles. The van der Waals surface area contributed by atoms with Crippen LogP contribution in [0.3, 0.4) is 0 Å². The minimum absolute atomic E-state index is 0.495. The zero-order valence-electron chi connectivity index (χ0n) is 11.4. The first-order valence-electron chi connectivity index (χ1n) is 7.64. The highest BCUT2D eigenvalue weighted by Gasteiger charge is 2.34. The van der Waals surface area contributed by atoms with Crippen LogP contribution >= 0.6 is 0 Å². The normalized spacial score (nSPS) is 30.1. The molecule has 0 aromatic heterocycles. The highest BCUT2D eigenvalue weighted by atomic mass is 14.9. The lowest BCUT2D eigenvalue weighted by Gasteiger charge is -2.32. The molecular weight excluding hydrogens is 218 g/mol. The van der Waals surface area contributed by atoms with Crippen molar-refractivity contribution >= 4 is 0 Å². The van der Waals surface area contributed by atoms with Crippen molar-refractivity contribution in [3.8, 4) is 0 Å². The van der Waals surface area contributed by atoms with Crippen LogP contribution in [-0.2, 0) is 0 Å². The van der Waals surface area contributed by atoms with Gasteiger partial charge in [-0.1, -0.05) is 43.2 Å². The molecule has 0 saturated heterocycles. The van der Waals surface area contributed by atoms with Crippen LogP contribution in [0, 0.1) is 11.8 Å². The minimum Gasteiger partial charge on any atom is -0.307 e. The molecule has 2 fully saturated rings. The molecule has 1 nitrogen and oxygen atoms in total. The highest BCUT2D eigenvalue weighted by molar-refractivity contribution is 5.18. The van der Waals surface area contributed by atoms with Crippen LogP contribution in [0.5, 0.6) is 0 Å². The summed E-state index contributed by atoms with van der Waals surface area (Å²) >= 11 is 0. The summed E-state index contributed by atoms with van der Waals surface area (Å²) in [5, 5.41) is 3.85. The summed E-state index contributed by atoms with van der Waals surface area (Å²) in [4.78, 5) is 0. The molecule has 0 spiro atoms. The van der Waals surface area contributed by atoms with Crippen molar-refractivity contribution < 1.29 is 0 Å². The summed E-state index contributed by atoms with van der Waals surface area (Å²) in [6.45, 7) is 2.30. The molecule has 1 heteroatoms. The third kappa shape index (κ3) is 2.95. The predicted octanol–water partition coefficient (Wildman–Crippen LogP) is 4.31. The molecule has 2 aliphatic carbocycles. The van der Waals surface area contributed by atoms with Crippen molar-refractivity contribution in [1.82, 2.24) is 5.32 Å². The summed E-state index contributed by atoms with van der Waals surface area (Å²) in [6, 6.07) is 12.1. The van der Waals surface area contributed by atoms with Gasteiger partial charge in [0.15, 0.2) is 0 Å². The third-order valence-electron chi connectivity index (χ3n) is 4.79. The van der Waals surface area contributed by atoms with Gasteiger partial charge in [0.25, 0.3) is 0 Å². The molecule has 3 atom stereocenters. The summed E-state index contributed by atoms with van der Waals surface area (Å²) in [7, 11) is 0. The molecule has 0 amide bonds. The van der Waals surface area contributed by atoms with Gasteiger partial charge in [-0.15, -0.1) is 0 Å². The second-order valence-corrected chi connectivity index (χ2v) is 6.26. The van der Waals surface area contributed by atoms with Gasteiger partial charge in [-0.25, -0.2) is 0 Å². The van der Waals surface area contributed by atoms with E-state index < -0.39 is 0 Å². The standard InChI is InChI=1S/C17H25N/c1-13(14-6-3-2-4-7-14)18-17-9-5-8-16(12-17)15-10-11-15/h2-4,6-7,13,15-18H,5,8-12H2,1H3. The fraction of sp³-hybridized carbons (Fsp3) is 0.647. The summed E-state index contributed by atoms with van der Waals surface area (Å²) in [5.74, 6) is 2.11. The van der Waals surface area contributed by atoms with Crippen LogP contribution < -0.4 is 5.32 Å². The number of rotatable bonds is 4. The van der Waals surface area contributed by atoms with Crippen molar-refractivity contribution in [2.24, 2.45) is 11.8 Å². The second-order valence-electron chi connectivity index (χ2n) is 6.26. The second kappa shape index (κ2) is 5.44. The maximum Gasteiger partial charge on any atom is 0.0294 e. The molecule has 1 aromatic carbocycles. The Kier molecular flexibility index (Phi) is 3.69. The highest BCUT2D eigenvalue weighted by Crippen LogP contribution is 2.44. The summed E-state index contributed by atoms with van der Waals surface area (Å²) in [5.41, 5.74) is 1.42. The molecule has 0 bridgehead atoms. The van der Waals surface area contributed by atoms with E-state index in [1.54, 1.807) is 0 Å². The topological polar surface area (TPSA) is 12.0 Å². The average Bonchev–Trinajstić information content (AvgIpc) is 3.24. The molecule has 2 aliphatic rings. The van der Waals surface area contributed by atoms with Gasteiger partial charge in [-0.05, 0) is 50.0 Å². The van der Waals surface area contributed by atoms with Crippen molar-refractivity contribution in [2.75, 3.05) is 0 Å². The van der Waals surface area contributed by atoms with E-state index in [0.717, 1.165) is 17.9 Å². The number of hydrogen-bond donors (Lipinski definition) is 1. The average molecular weight is 243 g/mol. The van der Waals surface area contributed by atoms with Crippen LogP contribution in [0.2, 0.25) is 0 Å². The molecule has 0 heterocycles. The Labute approximate surface area is 111 Å². The van der Waals surface area contributed by atoms with Gasteiger partial charge in [-0.2, -0.15) is 0 Å². The van der Waals surface area contributed by atoms with Gasteiger partial charge >= 0.3 is 0 Å². The Morgan fingerprint density at radius 3 is 2.50 bits per heavy atom. The fourth-order valence-corrected chi connectivity index (χ4v) is 3.57. The van der Waals surface area contributed by atoms with Gasteiger partial charge < -0.3 is 5.32 Å². The van der Waals surface area contributed by atoms with E-state index in [1.165, 1.54) is 44.1 Å². The zero-order chi connectivity index (χ0) is 12.4. The molecule has 1 N–H and O–H groups in total. The molecule has 3 unspecified atom stereocenters. The molecule has 1 aromatic rings. The maximum atomic E-state index is 3.85. The van der Waals surface area contributed by atoms with E-state index in [2.05, 4.69) is 42.6 Å². The van der Waals surface area contributed by atoms with Crippen molar-refractivity contribution in [3.63, 3.8) is 0 Å². The van der Waals surface area contributed by atoms with Crippen molar-refractivity contribution in [1.29, 1.82) is 0 Å². The Morgan fingerprint density at radius 1 is 1.00 bits per heavy atom. The van der Waals surface area contributed by atoms with Gasteiger partial charge in [-0.3, -0.25) is 0 Å². The van der Waals surface area contributed by atoms with Gasteiger partial charge in [0.1, 0.15) is 0 Å². The molecular formula is C17H25N. The first-order chi connectivity index (χ1) is 8.83. The van der Waals surface area contributed by atoms with Crippen molar-refractivity contribution in [2.45, 2.75) is 57.5 Å². The quantitative estimate of drug-likeness (QED) is 0.831. The molecule has 0 radical (unpaired) electrons. The Bertz CT molecular complexity index is 368.